The van der Waals surface area contributed by atoms with E-state index in [1.165, 1.54) is 64.2 Å². The van der Waals surface area contributed by atoms with E-state index in [1.54, 1.807) is 0 Å². The number of ether oxygens (including phenoxy) is 2. The molecular formula is C21H34O2. The summed E-state index contributed by atoms with van der Waals surface area (Å²) in [6, 6.07) is 0. The average Bonchev–Trinajstić information content (AvgIpc) is 3.15. The molecule has 1 heterocycles. The Morgan fingerprint density at radius 3 is 2.43 bits per heavy atom. The van der Waals surface area contributed by atoms with Crippen LogP contribution in [0.25, 0.3) is 0 Å². The monoisotopic (exact) mass is 318 g/mol. The third-order valence-electron chi connectivity index (χ3n) is 9.16. The van der Waals surface area contributed by atoms with E-state index in [1.807, 2.05) is 0 Å². The van der Waals surface area contributed by atoms with Crippen LogP contribution in [0.4, 0.5) is 0 Å². The van der Waals surface area contributed by atoms with Crippen LogP contribution in [-0.2, 0) is 9.47 Å². The van der Waals surface area contributed by atoms with Crippen LogP contribution in [0.5, 0.6) is 0 Å². The Hall–Kier alpha value is -0.0800. The van der Waals surface area contributed by atoms with Crippen molar-refractivity contribution >= 4 is 0 Å². The third-order valence-corrected chi connectivity index (χ3v) is 9.16. The fourth-order valence-electron chi connectivity index (χ4n) is 8.00. The van der Waals surface area contributed by atoms with Gasteiger partial charge in [-0.2, -0.15) is 0 Å². The van der Waals surface area contributed by atoms with Gasteiger partial charge in [0.25, 0.3) is 0 Å². The highest BCUT2D eigenvalue weighted by molar-refractivity contribution is 5.12. The van der Waals surface area contributed by atoms with Gasteiger partial charge in [-0.1, -0.05) is 33.1 Å². The van der Waals surface area contributed by atoms with Crippen molar-refractivity contribution in [1.29, 1.82) is 0 Å². The SMILES string of the molecule is C[C@@]12CCC[C@H]1[C@H]1[C@H](CC2)[C@@]2(C)CCCC[C@@H]2CC12OCCO2. The zero-order chi connectivity index (χ0) is 15.7. The van der Waals surface area contributed by atoms with Crippen LogP contribution < -0.4 is 0 Å². The van der Waals surface area contributed by atoms with Crippen LogP contribution in [0.15, 0.2) is 0 Å². The molecule has 0 aromatic rings. The maximum absolute atomic E-state index is 6.48. The third kappa shape index (κ3) is 1.94. The van der Waals surface area contributed by atoms with E-state index in [4.69, 9.17) is 9.47 Å². The molecule has 1 spiro atoms. The van der Waals surface area contributed by atoms with E-state index in [0.29, 0.717) is 16.7 Å². The Morgan fingerprint density at radius 1 is 0.783 bits per heavy atom. The van der Waals surface area contributed by atoms with E-state index < -0.39 is 0 Å². The van der Waals surface area contributed by atoms with Crippen molar-refractivity contribution in [2.24, 2.45) is 34.5 Å². The highest BCUT2D eigenvalue weighted by Crippen LogP contribution is 2.69. The Morgan fingerprint density at radius 2 is 1.61 bits per heavy atom. The Labute approximate surface area is 141 Å². The first-order chi connectivity index (χ1) is 11.1. The summed E-state index contributed by atoms with van der Waals surface area (Å²) in [5.74, 6) is 2.99. The van der Waals surface area contributed by atoms with Gasteiger partial charge < -0.3 is 9.47 Å². The molecule has 6 atom stereocenters. The van der Waals surface area contributed by atoms with E-state index in [2.05, 4.69) is 13.8 Å². The predicted molar refractivity (Wildman–Crippen MR) is 91.0 cm³/mol. The summed E-state index contributed by atoms with van der Waals surface area (Å²) >= 11 is 0. The molecule has 0 radical (unpaired) electrons. The first kappa shape index (κ1) is 15.2. The van der Waals surface area contributed by atoms with Crippen LogP contribution in [0, 0.1) is 34.5 Å². The molecule has 130 valence electrons. The molecule has 5 aliphatic rings. The average molecular weight is 319 g/mol. The van der Waals surface area contributed by atoms with Gasteiger partial charge in [0, 0.05) is 12.3 Å². The minimum Gasteiger partial charge on any atom is -0.347 e. The minimum absolute atomic E-state index is 0.205. The van der Waals surface area contributed by atoms with Gasteiger partial charge in [-0.25, -0.2) is 0 Å². The van der Waals surface area contributed by atoms with Crippen molar-refractivity contribution in [2.75, 3.05) is 13.2 Å². The smallest absolute Gasteiger partial charge is 0.172 e. The molecule has 2 nitrogen and oxygen atoms in total. The molecule has 5 fully saturated rings. The molecule has 0 aromatic carbocycles. The quantitative estimate of drug-likeness (QED) is 0.614. The van der Waals surface area contributed by atoms with Gasteiger partial charge in [-0.05, 0) is 67.1 Å². The molecule has 4 aliphatic carbocycles. The molecule has 0 amide bonds. The molecule has 23 heavy (non-hydrogen) atoms. The van der Waals surface area contributed by atoms with Crippen molar-refractivity contribution in [1.82, 2.24) is 0 Å². The maximum Gasteiger partial charge on any atom is 0.172 e. The second-order valence-electron chi connectivity index (χ2n) is 9.99. The van der Waals surface area contributed by atoms with Crippen molar-refractivity contribution < 1.29 is 9.47 Å². The van der Waals surface area contributed by atoms with E-state index in [-0.39, 0.29) is 5.79 Å². The van der Waals surface area contributed by atoms with Gasteiger partial charge in [0.15, 0.2) is 5.79 Å². The summed E-state index contributed by atoms with van der Waals surface area (Å²) in [6.07, 6.45) is 14.1. The predicted octanol–water partition coefficient (Wildman–Crippen LogP) is 5.16. The molecule has 1 aliphatic heterocycles. The van der Waals surface area contributed by atoms with Crippen molar-refractivity contribution in [3.63, 3.8) is 0 Å². The van der Waals surface area contributed by atoms with Crippen molar-refractivity contribution in [3.05, 3.63) is 0 Å². The first-order valence-electron chi connectivity index (χ1n) is 10.4. The fourth-order valence-corrected chi connectivity index (χ4v) is 8.00. The standard InChI is InChI=1S/C21H34O2/c1-19-9-5-7-16(19)18-17(8-11-19)20(2)10-4-3-6-15(20)14-21(18)22-12-13-23-21/h15-18H,3-14H2,1-2H3/t15-,16+,17+,18+,19+,20+/m1/s1. The van der Waals surface area contributed by atoms with Gasteiger partial charge in [-0.3, -0.25) is 0 Å². The molecular weight excluding hydrogens is 284 g/mol. The highest BCUT2D eigenvalue weighted by Gasteiger charge is 2.66. The summed E-state index contributed by atoms with van der Waals surface area (Å²) in [5, 5.41) is 0. The highest BCUT2D eigenvalue weighted by atomic mass is 16.7. The lowest BCUT2D eigenvalue weighted by molar-refractivity contribution is -0.296. The van der Waals surface area contributed by atoms with E-state index in [9.17, 15) is 0 Å². The Balaban J connectivity index is 1.59. The molecule has 4 saturated carbocycles. The molecule has 5 rings (SSSR count). The molecule has 2 heteroatoms. The minimum atomic E-state index is -0.205. The lowest BCUT2D eigenvalue weighted by Gasteiger charge is -2.64. The molecule has 0 aromatic heterocycles. The lowest BCUT2D eigenvalue weighted by Crippen LogP contribution is -2.62. The number of hydrogen-bond donors (Lipinski definition) is 0. The van der Waals surface area contributed by atoms with E-state index >= 15 is 0 Å². The first-order valence-corrected chi connectivity index (χ1v) is 10.4. The summed E-state index contributed by atoms with van der Waals surface area (Å²) in [6.45, 7) is 6.89. The van der Waals surface area contributed by atoms with Crippen LogP contribution >= 0.6 is 0 Å². The van der Waals surface area contributed by atoms with Gasteiger partial charge in [0.1, 0.15) is 0 Å². The second-order valence-corrected chi connectivity index (χ2v) is 9.99. The summed E-state index contributed by atoms with van der Waals surface area (Å²) in [5.41, 5.74) is 1.13. The maximum atomic E-state index is 6.48. The summed E-state index contributed by atoms with van der Waals surface area (Å²) < 4.78 is 13.0. The van der Waals surface area contributed by atoms with Crippen LogP contribution in [-0.4, -0.2) is 19.0 Å². The number of fused-ring (bicyclic) bond motifs is 6. The topological polar surface area (TPSA) is 18.5 Å². The van der Waals surface area contributed by atoms with Gasteiger partial charge >= 0.3 is 0 Å². The number of hydrogen-bond acceptors (Lipinski definition) is 2. The van der Waals surface area contributed by atoms with E-state index in [0.717, 1.165) is 31.0 Å². The number of rotatable bonds is 0. The van der Waals surface area contributed by atoms with Crippen LogP contribution in [0.1, 0.15) is 78.1 Å². The largest absolute Gasteiger partial charge is 0.347 e. The van der Waals surface area contributed by atoms with Crippen LogP contribution in [0.3, 0.4) is 0 Å². The Bertz CT molecular complexity index is 482. The van der Waals surface area contributed by atoms with Gasteiger partial charge in [0.05, 0.1) is 13.2 Å². The van der Waals surface area contributed by atoms with Gasteiger partial charge in [0.2, 0.25) is 0 Å². The summed E-state index contributed by atoms with van der Waals surface area (Å²) in [4.78, 5) is 0. The van der Waals surface area contributed by atoms with Crippen molar-refractivity contribution in [2.45, 2.75) is 83.8 Å². The molecule has 1 saturated heterocycles. The Kier molecular flexibility index (Phi) is 3.29. The molecule has 0 N–H and O–H groups in total. The molecule has 0 bridgehead atoms. The summed E-state index contributed by atoms with van der Waals surface area (Å²) in [7, 11) is 0. The molecule has 0 unspecified atom stereocenters. The zero-order valence-corrected chi connectivity index (χ0v) is 15.1. The fraction of sp³-hybridized carbons (Fsp3) is 1.00. The second kappa shape index (κ2) is 4.97. The van der Waals surface area contributed by atoms with Crippen molar-refractivity contribution in [3.8, 4) is 0 Å². The van der Waals surface area contributed by atoms with Gasteiger partial charge in [-0.15, -0.1) is 0 Å². The zero-order valence-electron chi connectivity index (χ0n) is 15.1. The lowest BCUT2D eigenvalue weighted by atomic mass is 9.44. The normalized spacial score (nSPS) is 54.5. The van der Waals surface area contributed by atoms with Crippen LogP contribution in [0.2, 0.25) is 0 Å².